The van der Waals surface area contributed by atoms with Crippen LogP contribution in [-0.4, -0.2) is 40.7 Å². The van der Waals surface area contributed by atoms with Crippen molar-refractivity contribution in [3.63, 3.8) is 0 Å². The van der Waals surface area contributed by atoms with Crippen molar-refractivity contribution in [3.05, 3.63) is 29.8 Å². The number of hydrogen-bond acceptors (Lipinski definition) is 3. The van der Waals surface area contributed by atoms with Crippen LogP contribution in [0.3, 0.4) is 0 Å². The number of amides is 1. The topological polar surface area (TPSA) is 57.6 Å². The molecule has 1 amide bonds. The number of nitrogens with zero attached hydrogens (tertiary/aromatic N) is 1. The summed E-state index contributed by atoms with van der Waals surface area (Å²) in [5, 5.41) is 9.10. The standard InChI is InChI=1S/C15H17F2NO3S/c1-9-4-10(15(20)21)7-18(6-9)14(19)8-22-11-2-3-12(16)13(17)5-11/h2-3,5,9-10H,4,6-8H2,1H3,(H,20,21). The smallest absolute Gasteiger partial charge is 0.308 e. The van der Waals surface area contributed by atoms with Gasteiger partial charge in [-0.1, -0.05) is 6.92 Å². The molecule has 0 saturated carbocycles. The van der Waals surface area contributed by atoms with Crippen molar-refractivity contribution in [3.8, 4) is 0 Å². The zero-order chi connectivity index (χ0) is 16.3. The van der Waals surface area contributed by atoms with Gasteiger partial charge in [0.05, 0.1) is 11.7 Å². The predicted octanol–water partition coefficient (Wildman–Crippen LogP) is 2.63. The largest absolute Gasteiger partial charge is 0.481 e. The molecule has 7 heteroatoms. The number of halogens is 2. The van der Waals surface area contributed by atoms with Crippen LogP contribution >= 0.6 is 11.8 Å². The van der Waals surface area contributed by atoms with Gasteiger partial charge in [-0.25, -0.2) is 8.78 Å². The molecule has 120 valence electrons. The molecule has 2 unspecified atom stereocenters. The molecule has 1 N–H and O–H groups in total. The van der Waals surface area contributed by atoms with Gasteiger partial charge in [0.15, 0.2) is 11.6 Å². The number of aliphatic carboxylic acids is 1. The van der Waals surface area contributed by atoms with Gasteiger partial charge in [-0.3, -0.25) is 9.59 Å². The van der Waals surface area contributed by atoms with Gasteiger partial charge in [0, 0.05) is 18.0 Å². The van der Waals surface area contributed by atoms with E-state index in [9.17, 15) is 18.4 Å². The fourth-order valence-corrected chi connectivity index (χ4v) is 3.36. The van der Waals surface area contributed by atoms with Gasteiger partial charge >= 0.3 is 5.97 Å². The van der Waals surface area contributed by atoms with Gasteiger partial charge in [-0.2, -0.15) is 0 Å². The Balaban J connectivity index is 1.93. The molecule has 0 aliphatic carbocycles. The lowest BCUT2D eigenvalue weighted by molar-refractivity contribution is -0.146. The Morgan fingerprint density at radius 3 is 2.68 bits per heavy atom. The van der Waals surface area contributed by atoms with Gasteiger partial charge in [0.2, 0.25) is 5.91 Å². The number of benzene rings is 1. The summed E-state index contributed by atoms with van der Waals surface area (Å²) >= 11 is 1.11. The second-order valence-corrected chi connectivity index (χ2v) is 6.59. The highest BCUT2D eigenvalue weighted by Gasteiger charge is 2.31. The van der Waals surface area contributed by atoms with Crippen molar-refractivity contribution in [2.24, 2.45) is 11.8 Å². The summed E-state index contributed by atoms with van der Waals surface area (Å²) < 4.78 is 25.9. The molecule has 0 aromatic heterocycles. The summed E-state index contributed by atoms with van der Waals surface area (Å²) in [6.45, 7) is 2.65. The molecule has 4 nitrogen and oxygen atoms in total. The molecule has 0 bridgehead atoms. The summed E-state index contributed by atoms with van der Waals surface area (Å²) in [5.41, 5.74) is 0. The molecule has 1 aromatic carbocycles. The normalized spacial score (nSPS) is 21.7. The average Bonchev–Trinajstić information content (AvgIpc) is 2.47. The Kier molecular flexibility index (Phi) is 5.39. The number of likely N-dealkylation sites (tertiary alicyclic amines) is 1. The van der Waals surface area contributed by atoms with Crippen LogP contribution in [0.4, 0.5) is 8.78 Å². The van der Waals surface area contributed by atoms with Crippen LogP contribution in [0, 0.1) is 23.5 Å². The molecule has 0 spiro atoms. The molecule has 1 fully saturated rings. The lowest BCUT2D eigenvalue weighted by Crippen LogP contribution is -2.46. The summed E-state index contributed by atoms with van der Waals surface area (Å²) in [4.78, 5) is 25.3. The van der Waals surface area contributed by atoms with Crippen molar-refractivity contribution in [2.45, 2.75) is 18.2 Å². The van der Waals surface area contributed by atoms with E-state index >= 15 is 0 Å². The molecule has 1 heterocycles. The van der Waals surface area contributed by atoms with Crippen molar-refractivity contribution in [2.75, 3.05) is 18.8 Å². The van der Waals surface area contributed by atoms with Gasteiger partial charge in [-0.05, 0) is 30.5 Å². The second-order valence-electron chi connectivity index (χ2n) is 5.54. The summed E-state index contributed by atoms with van der Waals surface area (Å²) in [6, 6.07) is 3.48. The molecule has 1 saturated heterocycles. The average molecular weight is 329 g/mol. The maximum Gasteiger partial charge on any atom is 0.308 e. The number of rotatable bonds is 4. The molecule has 1 aliphatic rings. The molecular formula is C15H17F2NO3S. The first-order valence-corrected chi connectivity index (χ1v) is 7.93. The number of carboxylic acid groups (broad SMARTS) is 1. The van der Waals surface area contributed by atoms with Crippen LogP contribution in [0.15, 0.2) is 23.1 Å². The molecule has 1 aromatic rings. The zero-order valence-electron chi connectivity index (χ0n) is 12.1. The minimum atomic E-state index is -0.949. The van der Waals surface area contributed by atoms with E-state index < -0.39 is 23.5 Å². The number of piperidine rings is 1. The fraction of sp³-hybridized carbons (Fsp3) is 0.467. The third-order valence-electron chi connectivity index (χ3n) is 3.62. The van der Waals surface area contributed by atoms with Crippen LogP contribution in [0.25, 0.3) is 0 Å². The van der Waals surface area contributed by atoms with E-state index in [1.807, 2.05) is 6.92 Å². The van der Waals surface area contributed by atoms with Crippen LogP contribution in [-0.2, 0) is 9.59 Å². The zero-order valence-corrected chi connectivity index (χ0v) is 12.9. The Bertz CT molecular complexity index is 582. The Morgan fingerprint density at radius 2 is 2.05 bits per heavy atom. The maximum absolute atomic E-state index is 13.1. The van der Waals surface area contributed by atoms with Crippen molar-refractivity contribution >= 4 is 23.6 Å². The summed E-state index contributed by atoms with van der Waals surface area (Å²) in [5.74, 6) is -3.29. The number of thioether (sulfide) groups is 1. The number of carbonyl (C=O) groups excluding carboxylic acids is 1. The Morgan fingerprint density at radius 1 is 1.32 bits per heavy atom. The van der Waals surface area contributed by atoms with E-state index in [1.165, 1.54) is 6.07 Å². The molecule has 0 radical (unpaired) electrons. The third kappa shape index (κ3) is 4.19. The monoisotopic (exact) mass is 329 g/mol. The molecule has 2 rings (SSSR count). The summed E-state index contributed by atoms with van der Waals surface area (Å²) in [6.07, 6.45) is 0.565. The van der Waals surface area contributed by atoms with E-state index in [1.54, 1.807) is 4.90 Å². The second kappa shape index (κ2) is 7.09. The fourth-order valence-electron chi connectivity index (χ4n) is 2.54. The van der Waals surface area contributed by atoms with E-state index in [4.69, 9.17) is 5.11 Å². The molecule has 22 heavy (non-hydrogen) atoms. The van der Waals surface area contributed by atoms with Gasteiger partial charge in [-0.15, -0.1) is 11.8 Å². The highest BCUT2D eigenvalue weighted by atomic mass is 32.2. The summed E-state index contributed by atoms with van der Waals surface area (Å²) in [7, 11) is 0. The van der Waals surface area contributed by atoms with Crippen LogP contribution in [0.2, 0.25) is 0 Å². The number of carboxylic acids is 1. The van der Waals surface area contributed by atoms with E-state index in [-0.39, 0.29) is 24.1 Å². The first-order chi connectivity index (χ1) is 10.4. The van der Waals surface area contributed by atoms with E-state index in [0.29, 0.717) is 17.9 Å². The third-order valence-corrected chi connectivity index (χ3v) is 4.59. The highest BCUT2D eigenvalue weighted by molar-refractivity contribution is 8.00. The first kappa shape index (κ1) is 16.7. The molecule has 1 aliphatic heterocycles. The van der Waals surface area contributed by atoms with E-state index in [0.717, 1.165) is 23.9 Å². The number of carbonyl (C=O) groups is 2. The molecular weight excluding hydrogens is 312 g/mol. The Labute approximate surface area is 131 Å². The lowest BCUT2D eigenvalue weighted by Gasteiger charge is -2.34. The quantitative estimate of drug-likeness (QED) is 0.863. The highest BCUT2D eigenvalue weighted by Crippen LogP contribution is 2.25. The molecule has 2 atom stereocenters. The van der Waals surface area contributed by atoms with E-state index in [2.05, 4.69) is 0 Å². The first-order valence-electron chi connectivity index (χ1n) is 6.95. The lowest BCUT2D eigenvalue weighted by atomic mass is 9.90. The number of hydrogen-bond donors (Lipinski definition) is 1. The Hall–Kier alpha value is -1.63. The van der Waals surface area contributed by atoms with Gasteiger partial charge in [0.25, 0.3) is 0 Å². The SMILES string of the molecule is CC1CC(C(=O)O)CN(C(=O)CSc2ccc(F)c(F)c2)C1. The maximum atomic E-state index is 13.1. The van der Waals surface area contributed by atoms with Crippen molar-refractivity contribution in [1.82, 2.24) is 4.90 Å². The minimum absolute atomic E-state index is 0.0735. The van der Waals surface area contributed by atoms with Crippen LogP contribution < -0.4 is 0 Å². The minimum Gasteiger partial charge on any atom is -0.481 e. The predicted molar refractivity (Wildman–Crippen MR) is 78.6 cm³/mol. The van der Waals surface area contributed by atoms with Gasteiger partial charge in [0.1, 0.15) is 0 Å². The van der Waals surface area contributed by atoms with Crippen molar-refractivity contribution in [1.29, 1.82) is 0 Å². The van der Waals surface area contributed by atoms with Crippen LogP contribution in [0.1, 0.15) is 13.3 Å². The van der Waals surface area contributed by atoms with Crippen LogP contribution in [0.5, 0.6) is 0 Å². The van der Waals surface area contributed by atoms with Gasteiger partial charge < -0.3 is 10.0 Å². The van der Waals surface area contributed by atoms with Crippen molar-refractivity contribution < 1.29 is 23.5 Å².